The summed E-state index contributed by atoms with van der Waals surface area (Å²) in [7, 11) is 0. The van der Waals surface area contributed by atoms with E-state index < -0.39 is 43.3 Å². The molecular formula is C11H10F6O2. The number of halogens is 6. The molecule has 0 aromatic heterocycles. The predicted molar refractivity (Wildman–Crippen MR) is 53.1 cm³/mol. The minimum Gasteiger partial charge on any atom is -0.386 e. The zero-order valence-corrected chi connectivity index (χ0v) is 9.42. The van der Waals surface area contributed by atoms with Crippen molar-refractivity contribution in [1.82, 2.24) is 0 Å². The molecule has 2 nitrogen and oxygen atoms in total. The van der Waals surface area contributed by atoms with E-state index in [-0.39, 0.29) is 5.56 Å². The maximum atomic E-state index is 12.8. The molecule has 1 rings (SSSR count). The summed E-state index contributed by atoms with van der Waals surface area (Å²) in [5.74, 6) is -6.27. The highest BCUT2D eigenvalue weighted by molar-refractivity contribution is 5.20. The molecule has 0 aliphatic rings. The summed E-state index contributed by atoms with van der Waals surface area (Å²) >= 11 is 0. The quantitative estimate of drug-likeness (QED) is 0.816. The first-order chi connectivity index (χ1) is 8.72. The van der Waals surface area contributed by atoms with E-state index in [0.29, 0.717) is 6.07 Å². The van der Waals surface area contributed by atoms with Crippen LogP contribution in [0.2, 0.25) is 0 Å². The average Bonchev–Trinajstić information content (AvgIpc) is 2.27. The average molecular weight is 288 g/mol. The van der Waals surface area contributed by atoms with E-state index in [4.69, 9.17) is 0 Å². The normalized spacial score (nSPS) is 13.9. The number of aliphatic hydroxyl groups excluding tert-OH is 1. The number of benzene rings is 1. The van der Waals surface area contributed by atoms with Crippen molar-refractivity contribution >= 4 is 0 Å². The third kappa shape index (κ3) is 4.71. The molecule has 0 saturated carbocycles. The molecule has 0 aliphatic heterocycles. The smallest absolute Gasteiger partial charge is 0.330 e. The topological polar surface area (TPSA) is 29.5 Å². The van der Waals surface area contributed by atoms with Crippen molar-refractivity contribution in [2.45, 2.75) is 18.5 Å². The van der Waals surface area contributed by atoms with Crippen LogP contribution in [0.4, 0.5) is 26.3 Å². The van der Waals surface area contributed by atoms with Crippen molar-refractivity contribution < 1.29 is 36.2 Å². The van der Waals surface area contributed by atoms with Crippen molar-refractivity contribution in [2.75, 3.05) is 13.2 Å². The molecule has 8 heteroatoms. The molecule has 0 saturated heterocycles. The number of hydrogen-bond donors (Lipinski definition) is 1. The lowest BCUT2D eigenvalue weighted by Gasteiger charge is -2.17. The monoisotopic (exact) mass is 288 g/mol. The summed E-state index contributed by atoms with van der Waals surface area (Å²) in [6.45, 7) is -2.38. The first-order valence-corrected chi connectivity index (χ1v) is 5.10. The van der Waals surface area contributed by atoms with Crippen molar-refractivity contribution in [3.05, 3.63) is 35.4 Å². The van der Waals surface area contributed by atoms with Gasteiger partial charge >= 0.3 is 12.3 Å². The molecule has 1 unspecified atom stereocenters. The van der Waals surface area contributed by atoms with Gasteiger partial charge in [0.05, 0.1) is 6.61 Å². The number of ether oxygens (including phenoxy) is 1. The number of alkyl halides is 4. The van der Waals surface area contributed by atoms with Gasteiger partial charge in [0.25, 0.3) is 0 Å². The molecule has 0 spiro atoms. The Kier molecular flexibility index (Phi) is 5.19. The van der Waals surface area contributed by atoms with Crippen molar-refractivity contribution in [2.24, 2.45) is 0 Å². The lowest BCUT2D eigenvalue weighted by molar-refractivity contribution is -0.170. The second kappa shape index (κ2) is 6.25. The fourth-order valence-electron chi connectivity index (χ4n) is 1.23. The summed E-state index contributed by atoms with van der Waals surface area (Å²) in [5.41, 5.74) is -0.238. The highest BCUT2D eigenvalue weighted by atomic mass is 19.3. The Morgan fingerprint density at radius 2 is 1.63 bits per heavy atom. The third-order valence-corrected chi connectivity index (χ3v) is 2.16. The molecule has 19 heavy (non-hydrogen) atoms. The predicted octanol–water partition coefficient (Wildman–Crippen LogP) is 2.92. The first kappa shape index (κ1) is 15.8. The summed E-state index contributed by atoms with van der Waals surface area (Å²) < 4.78 is 78.3. The summed E-state index contributed by atoms with van der Waals surface area (Å²) in [6, 6.07) is 2.12. The van der Waals surface area contributed by atoms with Gasteiger partial charge in [0.1, 0.15) is 24.3 Å². The SMILES string of the molecule is OC(COCC(F)(F)C(F)F)c1cc(F)cc(F)c1. The summed E-state index contributed by atoms with van der Waals surface area (Å²) in [6.07, 6.45) is -5.49. The van der Waals surface area contributed by atoms with E-state index in [1.165, 1.54) is 0 Å². The molecule has 1 aromatic carbocycles. The molecule has 0 heterocycles. The van der Waals surface area contributed by atoms with Crippen LogP contribution in [-0.2, 0) is 4.74 Å². The van der Waals surface area contributed by atoms with E-state index in [2.05, 4.69) is 4.74 Å². The van der Waals surface area contributed by atoms with E-state index >= 15 is 0 Å². The minimum absolute atomic E-state index is 0.238. The Morgan fingerprint density at radius 1 is 1.11 bits per heavy atom. The molecule has 1 atom stereocenters. The van der Waals surface area contributed by atoms with Gasteiger partial charge in [-0.05, 0) is 17.7 Å². The van der Waals surface area contributed by atoms with Crippen LogP contribution in [0, 0.1) is 11.6 Å². The van der Waals surface area contributed by atoms with E-state index in [1.54, 1.807) is 0 Å². The van der Waals surface area contributed by atoms with Gasteiger partial charge in [0.2, 0.25) is 0 Å². The molecule has 0 amide bonds. The molecule has 0 fully saturated rings. The van der Waals surface area contributed by atoms with Crippen LogP contribution in [0.1, 0.15) is 11.7 Å². The molecule has 1 N–H and O–H groups in total. The van der Waals surface area contributed by atoms with Gasteiger partial charge in [-0.1, -0.05) is 0 Å². The van der Waals surface area contributed by atoms with Gasteiger partial charge < -0.3 is 9.84 Å². The van der Waals surface area contributed by atoms with Gasteiger partial charge in [-0.2, -0.15) is 8.78 Å². The van der Waals surface area contributed by atoms with E-state index in [9.17, 15) is 31.4 Å². The van der Waals surface area contributed by atoms with Crippen LogP contribution < -0.4 is 0 Å². The lowest BCUT2D eigenvalue weighted by atomic mass is 10.1. The molecule has 0 radical (unpaired) electrons. The summed E-state index contributed by atoms with van der Waals surface area (Å²) in [4.78, 5) is 0. The zero-order chi connectivity index (χ0) is 14.6. The first-order valence-electron chi connectivity index (χ1n) is 5.10. The van der Waals surface area contributed by atoms with Crippen LogP contribution in [0.25, 0.3) is 0 Å². The fourth-order valence-corrected chi connectivity index (χ4v) is 1.23. The van der Waals surface area contributed by atoms with Crippen molar-refractivity contribution in [1.29, 1.82) is 0 Å². The Morgan fingerprint density at radius 3 is 2.11 bits per heavy atom. The molecule has 108 valence electrons. The van der Waals surface area contributed by atoms with Gasteiger partial charge in [-0.3, -0.25) is 0 Å². The Labute approximate surface area is 104 Å². The van der Waals surface area contributed by atoms with Gasteiger partial charge in [0.15, 0.2) is 0 Å². The van der Waals surface area contributed by atoms with Gasteiger partial charge in [-0.25, -0.2) is 17.6 Å². The van der Waals surface area contributed by atoms with Crippen LogP contribution in [0.15, 0.2) is 18.2 Å². The van der Waals surface area contributed by atoms with Gasteiger partial charge in [0, 0.05) is 6.07 Å². The van der Waals surface area contributed by atoms with Crippen LogP contribution >= 0.6 is 0 Å². The lowest BCUT2D eigenvalue weighted by Crippen LogP contribution is -2.33. The molecule has 0 aliphatic carbocycles. The van der Waals surface area contributed by atoms with Gasteiger partial charge in [-0.15, -0.1) is 0 Å². The molecule has 1 aromatic rings. The van der Waals surface area contributed by atoms with Crippen LogP contribution in [0.5, 0.6) is 0 Å². The van der Waals surface area contributed by atoms with Crippen molar-refractivity contribution in [3.63, 3.8) is 0 Å². The second-order valence-electron chi connectivity index (χ2n) is 3.80. The second-order valence-corrected chi connectivity index (χ2v) is 3.80. The molecular weight excluding hydrogens is 278 g/mol. The minimum atomic E-state index is -4.34. The standard InChI is InChI=1S/C11H10F6O2/c12-7-1-6(2-8(13)3-7)9(18)4-19-5-11(16,17)10(14)15/h1-3,9-10,18H,4-5H2. The maximum Gasteiger partial charge on any atom is 0.330 e. The number of rotatable bonds is 6. The highest BCUT2D eigenvalue weighted by Gasteiger charge is 2.41. The number of aliphatic hydroxyl groups is 1. The Balaban J connectivity index is 2.54. The van der Waals surface area contributed by atoms with E-state index in [1.807, 2.05) is 0 Å². The fraction of sp³-hybridized carbons (Fsp3) is 0.455. The zero-order valence-electron chi connectivity index (χ0n) is 9.42. The van der Waals surface area contributed by atoms with Crippen molar-refractivity contribution in [3.8, 4) is 0 Å². The largest absolute Gasteiger partial charge is 0.386 e. The number of hydrogen-bond acceptors (Lipinski definition) is 2. The van der Waals surface area contributed by atoms with E-state index in [0.717, 1.165) is 12.1 Å². The highest BCUT2D eigenvalue weighted by Crippen LogP contribution is 2.24. The third-order valence-electron chi connectivity index (χ3n) is 2.16. The Bertz CT molecular complexity index is 403. The van der Waals surface area contributed by atoms with Crippen LogP contribution in [-0.4, -0.2) is 30.7 Å². The maximum absolute atomic E-state index is 12.8. The van der Waals surface area contributed by atoms with Crippen LogP contribution in [0.3, 0.4) is 0 Å². The molecule has 0 bridgehead atoms. The Hall–Kier alpha value is -1.28. The summed E-state index contributed by atoms with van der Waals surface area (Å²) in [5, 5.41) is 9.41.